The van der Waals surface area contributed by atoms with E-state index >= 15 is 0 Å². The van der Waals surface area contributed by atoms with Gasteiger partial charge in [0.25, 0.3) is 5.91 Å². The van der Waals surface area contributed by atoms with Crippen molar-refractivity contribution >= 4 is 46.6 Å². The van der Waals surface area contributed by atoms with Crippen LogP contribution in [0.25, 0.3) is 0 Å². The standard InChI is InChI=1S/C29H31Cl3N2O3/c1-4-20(3)33-29(36)27(15-21-8-6-5-7-9-21)34(17-22-10-11-23(30)16-26(22)32)28(35)18-37-24-12-13-25(31)19(2)14-24/h5-14,16,20,27H,4,15,17-18H2,1-3H3,(H,33,36)/t20-,27-/m1/s1. The van der Waals surface area contributed by atoms with E-state index in [4.69, 9.17) is 39.5 Å². The molecule has 0 unspecified atom stereocenters. The Morgan fingerprint density at radius 2 is 1.70 bits per heavy atom. The molecule has 3 rings (SSSR count). The fourth-order valence-corrected chi connectivity index (χ4v) is 4.35. The Labute approximate surface area is 233 Å². The Hall–Kier alpha value is -2.73. The minimum absolute atomic E-state index is 0.0462. The molecule has 5 nitrogen and oxygen atoms in total. The van der Waals surface area contributed by atoms with Gasteiger partial charge in [0, 0.05) is 34.1 Å². The first-order valence-electron chi connectivity index (χ1n) is 12.1. The van der Waals surface area contributed by atoms with Crippen molar-refractivity contribution in [2.75, 3.05) is 6.61 Å². The maximum Gasteiger partial charge on any atom is 0.261 e. The lowest BCUT2D eigenvalue weighted by atomic mass is 10.0. The molecule has 1 N–H and O–H groups in total. The minimum atomic E-state index is -0.786. The molecule has 3 aromatic rings. The number of carbonyl (C=O) groups is 2. The first-order chi connectivity index (χ1) is 17.7. The molecule has 0 aromatic heterocycles. The van der Waals surface area contributed by atoms with E-state index in [-0.39, 0.29) is 31.0 Å². The lowest BCUT2D eigenvalue weighted by Gasteiger charge is -2.32. The fourth-order valence-electron chi connectivity index (χ4n) is 3.76. The molecular weight excluding hydrogens is 531 g/mol. The number of halogens is 3. The SMILES string of the molecule is CC[C@@H](C)NC(=O)[C@@H](Cc1ccccc1)N(Cc1ccc(Cl)cc1Cl)C(=O)COc1ccc(Cl)c(C)c1. The maximum atomic E-state index is 13.7. The van der Waals surface area contributed by atoms with Gasteiger partial charge in [0.1, 0.15) is 11.8 Å². The van der Waals surface area contributed by atoms with Crippen molar-refractivity contribution in [1.29, 1.82) is 0 Å². The molecule has 2 amide bonds. The molecule has 0 radical (unpaired) electrons. The quantitative estimate of drug-likeness (QED) is 0.277. The second kappa shape index (κ2) is 13.7. The Morgan fingerprint density at radius 3 is 2.35 bits per heavy atom. The highest BCUT2D eigenvalue weighted by Crippen LogP contribution is 2.25. The number of amides is 2. The summed E-state index contributed by atoms with van der Waals surface area (Å²) in [5, 5.41) is 4.56. The largest absolute Gasteiger partial charge is 0.484 e. The van der Waals surface area contributed by atoms with Gasteiger partial charge in [-0.3, -0.25) is 9.59 Å². The van der Waals surface area contributed by atoms with Crippen LogP contribution in [0.4, 0.5) is 0 Å². The highest BCUT2D eigenvalue weighted by Gasteiger charge is 2.31. The number of hydrogen-bond donors (Lipinski definition) is 1. The highest BCUT2D eigenvalue weighted by molar-refractivity contribution is 6.35. The summed E-state index contributed by atoms with van der Waals surface area (Å²) in [6.07, 6.45) is 1.10. The van der Waals surface area contributed by atoms with Gasteiger partial charge >= 0.3 is 0 Å². The predicted octanol–water partition coefficient (Wildman–Crippen LogP) is 6.89. The number of rotatable bonds is 11. The van der Waals surface area contributed by atoms with E-state index in [1.165, 1.54) is 4.90 Å². The van der Waals surface area contributed by atoms with Crippen molar-refractivity contribution < 1.29 is 14.3 Å². The molecule has 8 heteroatoms. The van der Waals surface area contributed by atoms with Crippen molar-refractivity contribution in [1.82, 2.24) is 10.2 Å². The summed E-state index contributed by atoms with van der Waals surface area (Å²) in [6, 6.07) is 19.1. The molecule has 0 fully saturated rings. The van der Waals surface area contributed by atoms with Gasteiger partial charge in [-0.25, -0.2) is 0 Å². The van der Waals surface area contributed by atoms with Crippen molar-refractivity contribution in [3.8, 4) is 5.75 Å². The zero-order valence-corrected chi connectivity index (χ0v) is 23.4. The fraction of sp³-hybridized carbons (Fsp3) is 0.310. The van der Waals surface area contributed by atoms with Crippen LogP contribution < -0.4 is 10.1 Å². The summed E-state index contributed by atoms with van der Waals surface area (Å²) in [4.78, 5) is 28.7. The molecule has 0 saturated carbocycles. The van der Waals surface area contributed by atoms with E-state index in [0.717, 1.165) is 17.5 Å². The molecule has 0 heterocycles. The molecule has 0 aliphatic carbocycles. The molecule has 3 aromatic carbocycles. The Bertz CT molecular complexity index is 1220. The lowest BCUT2D eigenvalue weighted by Crippen LogP contribution is -2.53. The summed E-state index contributed by atoms with van der Waals surface area (Å²) in [6.45, 7) is 5.65. The predicted molar refractivity (Wildman–Crippen MR) is 151 cm³/mol. The summed E-state index contributed by atoms with van der Waals surface area (Å²) >= 11 is 18.7. The van der Waals surface area contributed by atoms with Gasteiger partial charge in [-0.2, -0.15) is 0 Å². The van der Waals surface area contributed by atoms with Crippen LogP contribution in [-0.2, 0) is 22.6 Å². The van der Waals surface area contributed by atoms with Gasteiger partial charge in [-0.15, -0.1) is 0 Å². The topological polar surface area (TPSA) is 58.6 Å². The monoisotopic (exact) mass is 560 g/mol. The third kappa shape index (κ3) is 8.39. The third-order valence-corrected chi connectivity index (χ3v) is 7.13. The Balaban J connectivity index is 1.94. The number of nitrogens with zero attached hydrogens (tertiary/aromatic N) is 1. The Morgan fingerprint density at radius 1 is 0.973 bits per heavy atom. The minimum Gasteiger partial charge on any atom is -0.484 e. The first kappa shape index (κ1) is 28.8. The molecular formula is C29H31Cl3N2O3. The number of hydrogen-bond acceptors (Lipinski definition) is 3. The molecule has 0 spiro atoms. The van der Waals surface area contributed by atoms with Crippen LogP contribution in [0.15, 0.2) is 66.7 Å². The number of carbonyl (C=O) groups excluding carboxylic acids is 2. The highest BCUT2D eigenvalue weighted by atomic mass is 35.5. The van der Waals surface area contributed by atoms with E-state index < -0.39 is 6.04 Å². The molecule has 0 aliphatic rings. The number of benzene rings is 3. The molecule has 2 atom stereocenters. The van der Waals surface area contributed by atoms with Crippen LogP contribution in [0, 0.1) is 6.92 Å². The van der Waals surface area contributed by atoms with Crippen LogP contribution in [0.3, 0.4) is 0 Å². The molecule has 37 heavy (non-hydrogen) atoms. The van der Waals surface area contributed by atoms with E-state index in [1.807, 2.05) is 51.1 Å². The summed E-state index contributed by atoms with van der Waals surface area (Å²) in [5.74, 6) is -0.0683. The lowest BCUT2D eigenvalue weighted by molar-refractivity contribution is -0.143. The number of aryl methyl sites for hydroxylation is 1. The van der Waals surface area contributed by atoms with Gasteiger partial charge in [-0.05, 0) is 67.3 Å². The van der Waals surface area contributed by atoms with Crippen LogP contribution >= 0.6 is 34.8 Å². The van der Waals surface area contributed by atoms with Crippen LogP contribution in [0.5, 0.6) is 5.75 Å². The zero-order valence-electron chi connectivity index (χ0n) is 21.1. The van der Waals surface area contributed by atoms with Gasteiger partial charge in [0.2, 0.25) is 5.91 Å². The number of ether oxygens (including phenoxy) is 1. The summed E-state index contributed by atoms with van der Waals surface area (Å²) < 4.78 is 5.82. The van der Waals surface area contributed by atoms with E-state index in [1.54, 1.807) is 36.4 Å². The zero-order chi connectivity index (χ0) is 26.9. The molecule has 0 bridgehead atoms. The van der Waals surface area contributed by atoms with Crippen molar-refractivity contribution in [2.45, 2.75) is 52.2 Å². The Kier molecular flexibility index (Phi) is 10.7. The second-order valence-electron chi connectivity index (χ2n) is 8.98. The van der Waals surface area contributed by atoms with E-state index in [2.05, 4.69) is 5.32 Å². The van der Waals surface area contributed by atoms with Gasteiger partial charge in [0.15, 0.2) is 6.61 Å². The summed E-state index contributed by atoms with van der Waals surface area (Å²) in [5.41, 5.74) is 2.45. The van der Waals surface area contributed by atoms with Gasteiger partial charge in [0.05, 0.1) is 0 Å². The molecule has 196 valence electrons. The van der Waals surface area contributed by atoms with Crippen LogP contribution in [0.2, 0.25) is 15.1 Å². The van der Waals surface area contributed by atoms with E-state index in [0.29, 0.717) is 32.8 Å². The van der Waals surface area contributed by atoms with Crippen molar-refractivity contribution in [3.63, 3.8) is 0 Å². The second-order valence-corrected chi connectivity index (χ2v) is 10.2. The van der Waals surface area contributed by atoms with Crippen molar-refractivity contribution in [2.24, 2.45) is 0 Å². The average Bonchev–Trinajstić information content (AvgIpc) is 2.88. The summed E-state index contributed by atoms with van der Waals surface area (Å²) in [7, 11) is 0. The van der Waals surface area contributed by atoms with Crippen molar-refractivity contribution in [3.05, 3.63) is 98.5 Å². The normalized spacial score (nSPS) is 12.5. The van der Waals surface area contributed by atoms with Crippen LogP contribution in [-0.4, -0.2) is 35.4 Å². The average molecular weight is 562 g/mol. The molecule has 0 saturated heterocycles. The maximum absolute atomic E-state index is 13.7. The smallest absolute Gasteiger partial charge is 0.261 e. The van der Waals surface area contributed by atoms with Gasteiger partial charge < -0.3 is 15.0 Å². The van der Waals surface area contributed by atoms with E-state index in [9.17, 15) is 9.59 Å². The third-order valence-electron chi connectivity index (χ3n) is 6.12. The van der Waals surface area contributed by atoms with Gasteiger partial charge in [-0.1, -0.05) is 78.1 Å². The number of nitrogens with one attached hydrogen (secondary N) is 1. The first-order valence-corrected chi connectivity index (χ1v) is 13.3. The van der Waals surface area contributed by atoms with Crippen LogP contribution in [0.1, 0.15) is 37.0 Å². The molecule has 0 aliphatic heterocycles.